The van der Waals surface area contributed by atoms with Gasteiger partial charge in [-0.3, -0.25) is 19.9 Å². The van der Waals surface area contributed by atoms with Crippen molar-refractivity contribution < 1.29 is 15.6 Å². The molecule has 0 fully saturated rings. The molecule has 11 aromatic carbocycles. The van der Waals surface area contributed by atoms with E-state index in [2.05, 4.69) is 375 Å². The Bertz CT molecular complexity index is 5150. The molecule has 7 heteroatoms. The fourth-order valence-corrected chi connectivity index (χ4v) is 8.38. The summed E-state index contributed by atoms with van der Waals surface area (Å²) in [5.74, 6) is -0.310. The number of rotatable bonds is 1. The molecular formula is C123H169F2N5. The van der Waals surface area contributed by atoms with Gasteiger partial charge < -0.3 is 0 Å². The number of aromatic nitrogens is 4. The van der Waals surface area contributed by atoms with Crippen molar-refractivity contribution in [1.82, 2.24) is 19.9 Å². The van der Waals surface area contributed by atoms with E-state index in [0.29, 0.717) is 60.1 Å². The van der Waals surface area contributed by atoms with Gasteiger partial charge in [0.2, 0.25) is 0 Å². The molecule has 4 heterocycles. The largest absolute Gasteiger partial charge is 0.265 e. The monoisotopic (exact) mass is 1760 g/mol. The van der Waals surface area contributed by atoms with Crippen molar-refractivity contribution in [3.05, 3.63) is 392 Å². The Morgan fingerprint density at radius 1 is 0.269 bits per heavy atom. The van der Waals surface area contributed by atoms with Crippen LogP contribution in [0.3, 0.4) is 0 Å². The zero-order valence-electron chi connectivity index (χ0n) is 92.1. The van der Waals surface area contributed by atoms with Gasteiger partial charge in [0.05, 0.1) is 30.0 Å². The molecule has 0 aliphatic heterocycles. The van der Waals surface area contributed by atoms with E-state index in [0.717, 1.165) is 32.9 Å². The summed E-state index contributed by atoms with van der Waals surface area (Å²) in [5.41, 5.74) is 12.0. The first kappa shape index (κ1) is 111. The highest BCUT2D eigenvalue weighted by molar-refractivity contribution is 6.02. The van der Waals surface area contributed by atoms with Gasteiger partial charge in [0, 0.05) is 47.1 Å². The average molecular weight is 1760 g/mol. The van der Waals surface area contributed by atoms with E-state index < -0.39 is 5.41 Å². The van der Waals surface area contributed by atoms with Crippen LogP contribution in [-0.4, -0.2) is 19.9 Å². The molecule has 130 heavy (non-hydrogen) atoms. The number of benzene rings is 11. The molecule has 700 valence electrons. The van der Waals surface area contributed by atoms with Crippen molar-refractivity contribution in [1.29, 1.82) is 0 Å². The van der Waals surface area contributed by atoms with Crippen LogP contribution in [0.15, 0.2) is 352 Å². The quantitative estimate of drug-likeness (QED) is 0.0934. The van der Waals surface area contributed by atoms with Crippen molar-refractivity contribution in [2.24, 2.45) is 43.3 Å². The lowest BCUT2D eigenvalue weighted by molar-refractivity contribution is 0.469. The van der Waals surface area contributed by atoms with Crippen LogP contribution in [0.1, 0.15) is 266 Å². The predicted molar refractivity (Wildman–Crippen MR) is 578 cm³/mol. The molecule has 0 N–H and O–H groups in total. The summed E-state index contributed by atoms with van der Waals surface area (Å²) in [6.45, 7) is 86.2. The van der Waals surface area contributed by atoms with Gasteiger partial charge in [-0.1, -0.05) is 503 Å². The minimum atomic E-state index is -0.451. The van der Waals surface area contributed by atoms with Crippen LogP contribution in [0.25, 0.3) is 70.2 Å². The second-order valence-electron chi connectivity index (χ2n) is 45.0. The summed E-state index contributed by atoms with van der Waals surface area (Å²) in [4.78, 5) is 20.0. The molecule has 5 nitrogen and oxygen atoms in total. The van der Waals surface area contributed by atoms with Gasteiger partial charge in [-0.2, -0.15) is 0 Å². The number of para-hydroxylation sites is 1. The van der Waals surface area contributed by atoms with Gasteiger partial charge in [0.15, 0.2) is 5.69 Å². The molecule has 0 spiro atoms. The third-order valence-corrected chi connectivity index (χ3v) is 13.1. The van der Waals surface area contributed by atoms with E-state index in [1.807, 2.05) is 148 Å². The third kappa shape index (κ3) is 81.2. The Morgan fingerprint density at radius 3 is 0.831 bits per heavy atom. The number of pyridine rings is 4. The zero-order chi connectivity index (χ0) is 104. The number of nitrogens with zero attached hydrogens (tertiary/aromatic N) is 5. The zero-order valence-corrected chi connectivity index (χ0v) is 87.1. The lowest BCUT2D eigenvalue weighted by atomic mass is 9.87. The van der Waals surface area contributed by atoms with Gasteiger partial charge >= 0.3 is 0 Å². The van der Waals surface area contributed by atoms with Crippen LogP contribution in [-0.2, 0) is 5.41 Å². The highest BCUT2D eigenvalue weighted by Gasteiger charge is 2.12. The Labute approximate surface area is 798 Å². The first-order chi connectivity index (χ1) is 62.0. The topological polar surface area (TPSA) is 55.9 Å². The molecule has 15 aromatic rings. The molecule has 0 bridgehead atoms. The Balaban J connectivity index is 0. The van der Waals surface area contributed by atoms with Crippen molar-refractivity contribution in [3.63, 3.8) is 0 Å². The van der Waals surface area contributed by atoms with Crippen molar-refractivity contribution in [2.45, 2.75) is 262 Å². The van der Waals surface area contributed by atoms with Crippen molar-refractivity contribution in [2.75, 3.05) is 0 Å². The van der Waals surface area contributed by atoms with Gasteiger partial charge in [0.1, 0.15) is 11.6 Å². The smallest absolute Gasteiger partial charge is 0.187 e. The molecule has 0 aliphatic carbocycles. The fraction of sp³-hybridized carbons (Fsp3) is 0.374. The summed E-state index contributed by atoms with van der Waals surface area (Å²) in [5, 5.41) is 8.72. The molecule has 0 amide bonds. The minimum Gasteiger partial charge on any atom is -0.265 e. The van der Waals surface area contributed by atoms with Crippen LogP contribution < -0.4 is 0 Å². The first-order valence-corrected chi connectivity index (χ1v) is 45.2. The number of halogens is 2. The number of hydrogen-bond acceptors (Lipinski definition) is 4. The third-order valence-electron chi connectivity index (χ3n) is 13.1. The molecule has 0 unspecified atom stereocenters. The highest BCUT2D eigenvalue weighted by Crippen LogP contribution is 2.26. The van der Waals surface area contributed by atoms with Gasteiger partial charge in [-0.25, -0.2) is 13.6 Å². The van der Waals surface area contributed by atoms with E-state index in [4.69, 9.17) is 13.4 Å². The van der Waals surface area contributed by atoms with Crippen molar-refractivity contribution >= 4 is 59.9 Å². The van der Waals surface area contributed by atoms with E-state index in [1.165, 1.54) is 56.3 Å². The molecule has 0 saturated heterocycles. The number of aryl methyl sites for hydroxylation is 2. The standard InChI is InChI=1S/C14H10.C13H9N.C12H8N2.C10H14.C9H7N.C7H7F.C7H8.C6H5F.C5H5N.8C5H12/c1-2-6-12-10-14-8-4-3-7-13(14)9-11(12)5-1;1-14-13-9-7-12(8-10-13)11-5-3-2-4-6-11;1-3-9-5-6-10-4-2-8-14-12(10)11(9)13-7-1;1-10(2,3)9-7-5-4-6-8-9;1-2-6-9-8(4-1)5-3-7-10-9;1-6-4-2-3-5-7(6)8;1-7-5-3-2-4-6-7;7-6-4-2-1-3-5-6;1-2-4-6-5-3-1;8*1-5(2,3)4/h1-10H;2-10H;1-8H;4-8H,1-3H3;1-7H;2-5H,1H3;2-6H,1H3;1-5H;1-5H;8*1-4H3/i;;;4D,5D,6D,7D,8D;;;;;;;;;;;;;. The van der Waals surface area contributed by atoms with Gasteiger partial charge in [-0.15, -0.1) is 0 Å². The lowest BCUT2D eigenvalue weighted by Gasteiger charge is -2.18. The summed E-state index contributed by atoms with van der Waals surface area (Å²) in [7, 11) is 0. The second kappa shape index (κ2) is 62.8. The molecular weight excluding hydrogens is 1590 g/mol. The second-order valence-corrected chi connectivity index (χ2v) is 45.0. The highest BCUT2D eigenvalue weighted by atomic mass is 19.1. The molecule has 4 aromatic heterocycles. The minimum absolute atomic E-state index is 0.103. The summed E-state index contributed by atoms with van der Waals surface area (Å²) in [6.07, 6.45) is 8.91. The molecule has 0 saturated carbocycles. The summed E-state index contributed by atoms with van der Waals surface area (Å²) < 4.78 is 62.1. The SMILES string of the molecule is CC(C)(C)C.CC(C)(C)C.CC(C)(C)C.CC(C)(C)C.CC(C)(C)C.CC(C)(C)C.CC(C)(C)C.CC(C)(C)C.Cc1ccccc1.Cc1ccccc1F.Fc1ccccc1.[2H]c1c([2H])c([2H])c(C(C)(C)C)c([2H])c1[2H].[C-]#[N+]c1ccc(-c2ccccc2)cc1.c1ccc2cc3ccccc3cc2c1.c1ccc2ncccc2c1.c1ccncc1.c1cnc2c(c1)ccc1cccnc12. The van der Waals surface area contributed by atoms with Crippen LogP contribution in [0.5, 0.6) is 0 Å². The molecule has 15 rings (SSSR count). The number of fused-ring (bicyclic) bond motifs is 6. The average Bonchev–Trinajstić information content (AvgIpc) is 0.774. The van der Waals surface area contributed by atoms with E-state index in [9.17, 15) is 8.78 Å². The Morgan fingerprint density at radius 2 is 0.554 bits per heavy atom. The number of hydrogen-bond donors (Lipinski definition) is 0. The molecule has 0 atom stereocenters. The molecule has 0 aliphatic rings. The molecule has 0 radical (unpaired) electrons. The Kier molecular flexibility index (Phi) is 53.6. The van der Waals surface area contributed by atoms with Crippen LogP contribution in [0.2, 0.25) is 0 Å². The van der Waals surface area contributed by atoms with Crippen LogP contribution in [0.4, 0.5) is 14.5 Å². The fourth-order valence-electron chi connectivity index (χ4n) is 8.38. The normalized spacial score (nSPS) is 11.1. The van der Waals surface area contributed by atoms with E-state index in [1.54, 1.807) is 62.0 Å². The van der Waals surface area contributed by atoms with Crippen LogP contribution >= 0.6 is 0 Å². The summed E-state index contributed by atoms with van der Waals surface area (Å²) >= 11 is 0. The van der Waals surface area contributed by atoms with Crippen LogP contribution in [0, 0.1) is 75.4 Å². The lowest BCUT2D eigenvalue weighted by Crippen LogP contribution is -2.10. The van der Waals surface area contributed by atoms with E-state index in [-0.39, 0.29) is 41.8 Å². The maximum absolute atomic E-state index is 12.3. The van der Waals surface area contributed by atoms with Gasteiger partial charge in [0.25, 0.3) is 0 Å². The Hall–Kier alpha value is -11.3. The maximum Gasteiger partial charge on any atom is 0.187 e. The van der Waals surface area contributed by atoms with E-state index >= 15 is 0 Å². The maximum atomic E-state index is 12.3. The van der Waals surface area contributed by atoms with Gasteiger partial charge in [-0.05, 0) is 173 Å². The predicted octanol–water partition coefficient (Wildman–Crippen LogP) is 39.4. The van der Waals surface area contributed by atoms with Crippen molar-refractivity contribution in [3.8, 4) is 11.1 Å². The summed E-state index contributed by atoms with van der Waals surface area (Å²) in [6, 6.07) is 93.0. The first-order valence-electron chi connectivity index (χ1n) is 47.7.